The summed E-state index contributed by atoms with van der Waals surface area (Å²) in [6.07, 6.45) is 0. The molecule has 5 nitrogen and oxygen atoms in total. The van der Waals surface area contributed by atoms with Crippen LogP contribution in [-0.4, -0.2) is 22.2 Å². The summed E-state index contributed by atoms with van der Waals surface area (Å²) in [5, 5.41) is 14.3. The number of carbonyl (C=O) groups excluding carboxylic acids is 1. The van der Waals surface area contributed by atoms with E-state index in [0.29, 0.717) is 28.9 Å². The van der Waals surface area contributed by atoms with Crippen molar-refractivity contribution in [3.8, 4) is 6.07 Å². The second-order valence-electron chi connectivity index (χ2n) is 4.70. The number of esters is 1. The van der Waals surface area contributed by atoms with Crippen LogP contribution in [0.1, 0.15) is 28.5 Å². The summed E-state index contributed by atoms with van der Waals surface area (Å²) in [5.74, 6) is -0.363. The minimum Gasteiger partial charge on any atom is -0.462 e. The standard InChI is InChI=1S/C16H13N3O2/c1-3-21-16(20)15-10(2)18-19-13-6-4-11(9-17)8-12(13)5-7-14(15)19/h4-8H,3H2,1-2H3. The molecule has 0 unspecified atom stereocenters. The van der Waals surface area contributed by atoms with Gasteiger partial charge >= 0.3 is 5.97 Å². The Morgan fingerprint density at radius 3 is 2.81 bits per heavy atom. The van der Waals surface area contributed by atoms with E-state index in [1.165, 1.54) is 0 Å². The summed E-state index contributed by atoms with van der Waals surface area (Å²) in [6.45, 7) is 3.89. The lowest BCUT2D eigenvalue weighted by Crippen LogP contribution is -2.05. The Morgan fingerprint density at radius 2 is 2.10 bits per heavy atom. The molecule has 2 aromatic heterocycles. The average molecular weight is 279 g/mol. The molecule has 0 atom stereocenters. The molecule has 1 aromatic carbocycles. The molecule has 3 aromatic rings. The lowest BCUT2D eigenvalue weighted by atomic mass is 10.1. The second kappa shape index (κ2) is 4.91. The van der Waals surface area contributed by atoms with Gasteiger partial charge in [-0.15, -0.1) is 0 Å². The molecule has 104 valence electrons. The predicted molar refractivity (Wildman–Crippen MR) is 78.1 cm³/mol. The van der Waals surface area contributed by atoms with Gasteiger partial charge in [0, 0.05) is 5.39 Å². The van der Waals surface area contributed by atoms with Crippen LogP contribution in [0.3, 0.4) is 0 Å². The summed E-state index contributed by atoms with van der Waals surface area (Å²) in [5.41, 5.74) is 3.28. The molecule has 0 fully saturated rings. The van der Waals surface area contributed by atoms with E-state index in [4.69, 9.17) is 10.00 Å². The molecule has 0 N–H and O–H groups in total. The maximum absolute atomic E-state index is 12.1. The van der Waals surface area contributed by atoms with Gasteiger partial charge in [-0.05, 0) is 38.1 Å². The van der Waals surface area contributed by atoms with Gasteiger partial charge in [-0.3, -0.25) is 0 Å². The number of hydrogen-bond donors (Lipinski definition) is 0. The molecule has 3 rings (SSSR count). The van der Waals surface area contributed by atoms with E-state index in [1.807, 2.05) is 18.2 Å². The van der Waals surface area contributed by atoms with Crippen molar-refractivity contribution in [3.63, 3.8) is 0 Å². The smallest absolute Gasteiger partial charge is 0.342 e. The molecular formula is C16H13N3O2. The van der Waals surface area contributed by atoms with Gasteiger partial charge in [0.25, 0.3) is 0 Å². The molecule has 0 radical (unpaired) electrons. The SMILES string of the molecule is CCOC(=O)c1c(C)nn2c1ccc1cc(C#N)ccc12. The minimum absolute atomic E-state index is 0.328. The van der Waals surface area contributed by atoms with Crippen molar-refractivity contribution in [1.29, 1.82) is 5.26 Å². The molecule has 2 heterocycles. The number of pyridine rings is 1. The zero-order valence-corrected chi connectivity index (χ0v) is 11.8. The van der Waals surface area contributed by atoms with E-state index in [-0.39, 0.29) is 5.97 Å². The molecule has 0 aliphatic rings. The van der Waals surface area contributed by atoms with Crippen LogP contribution in [0.25, 0.3) is 16.4 Å². The van der Waals surface area contributed by atoms with E-state index >= 15 is 0 Å². The summed E-state index contributed by atoms with van der Waals surface area (Å²) < 4.78 is 6.81. The number of aromatic nitrogens is 2. The van der Waals surface area contributed by atoms with Gasteiger partial charge < -0.3 is 4.74 Å². The first-order chi connectivity index (χ1) is 10.2. The third-order valence-electron chi connectivity index (χ3n) is 3.38. The Labute approximate surface area is 121 Å². The van der Waals surface area contributed by atoms with E-state index in [1.54, 1.807) is 30.5 Å². The van der Waals surface area contributed by atoms with Gasteiger partial charge in [0.15, 0.2) is 0 Å². The van der Waals surface area contributed by atoms with Gasteiger partial charge in [-0.2, -0.15) is 10.4 Å². The number of carbonyl (C=O) groups is 1. The highest BCUT2D eigenvalue weighted by Gasteiger charge is 2.19. The lowest BCUT2D eigenvalue weighted by Gasteiger charge is -2.03. The topological polar surface area (TPSA) is 67.4 Å². The normalized spacial score (nSPS) is 10.7. The Morgan fingerprint density at radius 1 is 1.33 bits per heavy atom. The molecule has 0 saturated carbocycles. The summed E-state index contributed by atoms with van der Waals surface area (Å²) >= 11 is 0. The fourth-order valence-corrected chi connectivity index (χ4v) is 2.46. The average Bonchev–Trinajstić information content (AvgIpc) is 2.83. The maximum Gasteiger partial charge on any atom is 0.342 e. The van der Waals surface area contributed by atoms with Crippen molar-refractivity contribution in [2.75, 3.05) is 6.61 Å². The van der Waals surface area contributed by atoms with Crippen molar-refractivity contribution in [1.82, 2.24) is 9.61 Å². The number of ether oxygens (including phenoxy) is 1. The molecule has 0 saturated heterocycles. The first-order valence-electron chi connectivity index (χ1n) is 6.65. The molecule has 0 bridgehead atoms. The first kappa shape index (κ1) is 13.1. The van der Waals surface area contributed by atoms with Crippen molar-refractivity contribution in [2.45, 2.75) is 13.8 Å². The number of rotatable bonds is 2. The van der Waals surface area contributed by atoms with Crippen LogP contribution in [0.5, 0.6) is 0 Å². The van der Waals surface area contributed by atoms with Crippen molar-refractivity contribution in [3.05, 3.63) is 47.2 Å². The van der Waals surface area contributed by atoms with E-state index in [2.05, 4.69) is 11.2 Å². The van der Waals surface area contributed by atoms with Crippen LogP contribution in [0.15, 0.2) is 30.3 Å². The largest absolute Gasteiger partial charge is 0.462 e. The van der Waals surface area contributed by atoms with Crippen molar-refractivity contribution in [2.24, 2.45) is 0 Å². The van der Waals surface area contributed by atoms with Crippen LogP contribution < -0.4 is 0 Å². The lowest BCUT2D eigenvalue weighted by molar-refractivity contribution is 0.0528. The quantitative estimate of drug-likeness (QED) is 0.676. The van der Waals surface area contributed by atoms with E-state index < -0.39 is 0 Å². The summed E-state index contributed by atoms with van der Waals surface area (Å²) in [6, 6.07) is 11.2. The Bertz CT molecular complexity index is 903. The fraction of sp³-hybridized carbons (Fsp3) is 0.188. The maximum atomic E-state index is 12.1. The van der Waals surface area contributed by atoms with Gasteiger partial charge in [-0.25, -0.2) is 9.31 Å². The number of benzene rings is 1. The fourth-order valence-electron chi connectivity index (χ4n) is 2.46. The third-order valence-corrected chi connectivity index (χ3v) is 3.38. The van der Waals surface area contributed by atoms with Crippen molar-refractivity contribution >= 4 is 22.4 Å². The van der Waals surface area contributed by atoms with Gasteiger partial charge in [0.05, 0.1) is 35.0 Å². The minimum atomic E-state index is -0.363. The van der Waals surface area contributed by atoms with Gasteiger partial charge in [0.1, 0.15) is 5.56 Å². The van der Waals surface area contributed by atoms with Crippen LogP contribution >= 0.6 is 0 Å². The van der Waals surface area contributed by atoms with Crippen LogP contribution in [0, 0.1) is 18.3 Å². The number of fused-ring (bicyclic) bond motifs is 3. The van der Waals surface area contributed by atoms with Crippen LogP contribution in [0.2, 0.25) is 0 Å². The highest BCUT2D eigenvalue weighted by molar-refractivity contribution is 6.00. The molecule has 0 spiro atoms. The third kappa shape index (κ3) is 2.01. The summed E-state index contributed by atoms with van der Waals surface area (Å²) in [7, 11) is 0. The molecule has 0 aliphatic heterocycles. The molecule has 5 heteroatoms. The van der Waals surface area contributed by atoms with E-state index in [9.17, 15) is 4.79 Å². The predicted octanol–water partition coefficient (Wildman–Crippen LogP) is 2.84. The highest BCUT2D eigenvalue weighted by atomic mass is 16.5. The molecule has 0 aliphatic carbocycles. The van der Waals surface area contributed by atoms with Crippen LogP contribution in [0.4, 0.5) is 0 Å². The Kier molecular flexibility index (Phi) is 3.07. The number of nitrogens with zero attached hydrogens (tertiary/aromatic N) is 3. The van der Waals surface area contributed by atoms with Crippen LogP contribution in [-0.2, 0) is 4.74 Å². The number of aryl methyl sites for hydroxylation is 1. The zero-order chi connectivity index (χ0) is 15.0. The molecular weight excluding hydrogens is 266 g/mol. The highest BCUT2D eigenvalue weighted by Crippen LogP contribution is 2.23. The Hall–Kier alpha value is -2.87. The van der Waals surface area contributed by atoms with Gasteiger partial charge in [-0.1, -0.05) is 6.07 Å². The molecule has 0 amide bonds. The number of nitriles is 1. The Balaban J connectivity index is 2.31. The van der Waals surface area contributed by atoms with Crippen molar-refractivity contribution < 1.29 is 9.53 Å². The number of hydrogen-bond acceptors (Lipinski definition) is 4. The van der Waals surface area contributed by atoms with Gasteiger partial charge in [0.2, 0.25) is 0 Å². The second-order valence-corrected chi connectivity index (χ2v) is 4.70. The first-order valence-corrected chi connectivity index (χ1v) is 6.65. The monoisotopic (exact) mass is 279 g/mol. The zero-order valence-electron chi connectivity index (χ0n) is 11.8. The summed E-state index contributed by atoms with van der Waals surface area (Å²) in [4.78, 5) is 12.1. The molecule has 21 heavy (non-hydrogen) atoms. The van der Waals surface area contributed by atoms with E-state index in [0.717, 1.165) is 10.9 Å².